The zero-order valence-electron chi connectivity index (χ0n) is 54.6. The molecular formula is C75H138O6. The topological polar surface area (TPSA) is 78.9 Å². The zero-order chi connectivity index (χ0) is 58.5. The Hall–Kier alpha value is -2.63. The SMILES string of the molecule is CCCCCCC/C=C\C/C=C\C/C=C\CCCCCCCCCCCCCCCCC(=O)OCC(COC(=O)CCCCCCC/C=C\CCCCCCC)OC(=O)CCCCCCCCCCCCCCCCCCCCCC. The highest BCUT2D eigenvalue weighted by molar-refractivity contribution is 5.71. The second kappa shape index (κ2) is 69.9. The lowest BCUT2D eigenvalue weighted by Gasteiger charge is -2.18. The molecule has 81 heavy (non-hydrogen) atoms. The fourth-order valence-electron chi connectivity index (χ4n) is 10.9. The molecule has 0 aromatic rings. The molecule has 0 aliphatic rings. The Kier molecular flexibility index (Phi) is 67.6. The molecule has 1 unspecified atom stereocenters. The summed E-state index contributed by atoms with van der Waals surface area (Å²) < 4.78 is 17.0. The van der Waals surface area contributed by atoms with Crippen LogP contribution in [-0.4, -0.2) is 37.2 Å². The summed E-state index contributed by atoms with van der Waals surface area (Å²) in [7, 11) is 0. The minimum Gasteiger partial charge on any atom is -0.462 e. The Balaban J connectivity index is 4.23. The lowest BCUT2D eigenvalue weighted by atomic mass is 10.0. The van der Waals surface area contributed by atoms with E-state index in [0.717, 1.165) is 77.0 Å². The van der Waals surface area contributed by atoms with Crippen LogP contribution >= 0.6 is 0 Å². The van der Waals surface area contributed by atoms with E-state index in [9.17, 15) is 14.4 Å². The molecule has 0 saturated carbocycles. The van der Waals surface area contributed by atoms with Crippen LogP contribution in [0.1, 0.15) is 393 Å². The molecule has 0 spiro atoms. The van der Waals surface area contributed by atoms with E-state index in [1.807, 2.05) is 0 Å². The van der Waals surface area contributed by atoms with Crippen LogP contribution < -0.4 is 0 Å². The number of ether oxygens (including phenoxy) is 3. The van der Waals surface area contributed by atoms with Crippen molar-refractivity contribution < 1.29 is 28.6 Å². The van der Waals surface area contributed by atoms with Gasteiger partial charge in [-0.05, 0) is 83.5 Å². The van der Waals surface area contributed by atoms with Gasteiger partial charge in [0.1, 0.15) is 13.2 Å². The highest BCUT2D eigenvalue weighted by Gasteiger charge is 2.19. The van der Waals surface area contributed by atoms with E-state index in [1.54, 1.807) is 0 Å². The van der Waals surface area contributed by atoms with Crippen molar-refractivity contribution in [3.05, 3.63) is 48.6 Å². The molecule has 0 aromatic heterocycles. The molecule has 0 fully saturated rings. The number of hydrogen-bond donors (Lipinski definition) is 0. The molecule has 0 amide bonds. The number of allylic oxidation sites excluding steroid dienone is 8. The molecule has 0 aliphatic heterocycles. The van der Waals surface area contributed by atoms with Gasteiger partial charge in [0.2, 0.25) is 0 Å². The van der Waals surface area contributed by atoms with Gasteiger partial charge in [-0.15, -0.1) is 0 Å². The van der Waals surface area contributed by atoms with Crippen LogP contribution in [-0.2, 0) is 28.6 Å². The van der Waals surface area contributed by atoms with Crippen LogP contribution in [0.25, 0.3) is 0 Å². The first kappa shape index (κ1) is 78.4. The molecule has 474 valence electrons. The average molecular weight is 1140 g/mol. The molecule has 0 heterocycles. The van der Waals surface area contributed by atoms with Gasteiger partial charge >= 0.3 is 17.9 Å². The van der Waals surface area contributed by atoms with Crippen molar-refractivity contribution in [2.45, 2.75) is 399 Å². The normalized spacial score (nSPS) is 12.3. The van der Waals surface area contributed by atoms with Crippen LogP contribution in [0.4, 0.5) is 0 Å². The first-order chi connectivity index (χ1) is 40.0. The van der Waals surface area contributed by atoms with E-state index in [4.69, 9.17) is 14.2 Å². The predicted molar refractivity (Wildman–Crippen MR) is 353 cm³/mol. The fourth-order valence-corrected chi connectivity index (χ4v) is 10.9. The Morgan fingerprint density at radius 3 is 0.704 bits per heavy atom. The molecule has 0 aromatic carbocycles. The third-order valence-corrected chi connectivity index (χ3v) is 16.3. The summed E-state index contributed by atoms with van der Waals surface area (Å²) in [6.45, 7) is 6.68. The van der Waals surface area contributed by atoms with Gasteiger partial charge in [0.05, 0.1) is 0 Å². The summed E-state index contributed by atoms with van der Waals surface area (Å²) in [5.41, 5.74) is 0. The second-order valence-corrected chi connectivity index (χ2v) is 24.5. The van der Waals surface area contributed by atoms with E-state index in [0.29, 0.717) is 19.3 Å². The first-order valence-electron chi connectivity index (χ1n) is 36.1. The molecule has 0 radical (unpaired) electrons. The average Bonchev–Trinajstić information content (AvgIpc) is 3.47. The van der Waals surface area contributed by atoms with Crippen LogP contribution in [0.3, 0.4) is 0 Å². The molecule has 0 bridgehead atoms. The van der Waals surface area contributed by atoms with Crippen molar-refractivity contribution in [2.75, 3.05) is 13.2 Å². The molecule has 0 aliphatic carbocycles. The van der Waals surface area contributed by atoms with Crippen molar-refractivity contribution in [2.24, 2.45) is 0 Å². The molecule has 0 saturated heterocycles. The number of rotatable bonds is 67. The first-order valence-corrected chi connectivity index (χ1v) is 36.1. The highest BCUT2D eigenvalue weighted by atomic mass is 16.6. The van der Waals surface area contributed by atoms with Crippen LogP contribution in [0, 0.1) is 0 Å². The van der Waals surface area contributed by atoms with Gasteiger partial charge in [0.25, 0.3) is 0 Å². The summed E-state index contributed by atoms with van der Waals surface area (Å²) >= 11 is 0. The molecule has 0 rings (SSSR count). The van der Waals surface area contributed by atoms with E-state index in [1.165, 1.54) is 276 Å². The molecule has 6 nitrogen and oxygen atoms in total. The third kappa shape index (κ3) is 68.0. The monoisotopic (exact) mass is 1140 g/mol. The predicted octanol–water partition coefficient (Wildman–Crippen LogP) is 24.9. The van der Waals surface area contributed by atoms with Gasteiger partial charge in [-0.1, -0.05) is 339 Å². The van der Waals surface area contributed by atoms with Crippen molar-refractivity contribution in [1.29, 1.82) is 0 Å². The number of unbranched alkanes of at least 4 members (excludes halogenated alkanes) is 48. The standard InChI is InChI=1S/C75H138O6/c1-4-7-10-13-16-19-22-25-28-30-32-34-35-36-37-38-39-40-41-42-44-45-47-50-53-56-59-62-65-68-74(77)80-71-72(70-79-73(76)67-64-61-58-55-52-49-27-24-21-18-15-12-9-6-3)81-75(78)69-66-63-60-57-54-51-48-46-43-33-31-29-26-23-20-17-14-11-8-5-2/h22,24-25,27,30,32,35-36,72H,4-21,23,26,28-29,31,33-34,37-71H2,1-3H3/b25-22-,27-24-,32-30-,36-35-. The molecule has 1 atom stereocenters. The lowest BCUT2D eigenvalue weighted by molar-refractivity contribution is -0.167. The van der Waals surface area contributed by atoms with E-state index in [-0.39, 0.29) is 31.1 Å². The van der Waals surface area contributed by atoms with Crippen molar-refractivity contribution >= 4 is 17.9 Å². The number of esters is 3. The number of hydrogen-bond acceptors (Lipinski definition) is 6. The second-order valence-electron chi connectivity index (χ2n) is 24.5. The van der Waals surface area contributed by atoms with Crippen LogP contribution in [0.15, 0.2) is 48.6 Å². The zero-order valence-corrected chi connectivity index (χ0v) is 54.6. The van der Waals surface area contributed by atoms with Gasteiger partial charge in [-0.3, -0.25) is 14.4 Å². The van der Waals surface area contributed by atoms with Crippen molar-refractivity contribution in [3.63, 3.8) is 0 Å². The minimum absolute atomic E-state index is 0.0711. The fraction of sp³-hybridized carbons (Fsp3) is 0.853. The highest BCUT2D eigenvalue weighted by Crippen LogP contribution is 2.18. The summed E-state index contributed by atoms with van der Waals surface area (Å²) in [4.78, 5) is 38.4. The maximum Gasteiger partial charge on any atom is 0.306 e. The van der Waals surface area contributed by atoms with Gasteiger partial charge in [-0.25, -0.2) is 0 Å². The number of carbonyl (C=O) groups is 3. The molecule has 0 N–H and O–H groups in total. The van der Waals surface area contributed by atoms with E-state index < -0.39 is 6.10 Å². The van der Waals surface area contributed by atoms with Gasteiger partial charge < -0.3 is 14.2 Å². The Bertz CT molecular complexity index is 1400. The van der Waals surface area contributed by atoms with Crippen molar-refractivity contribution in [1.82, 2.24) is 0 Å². The summed E-state index contributed by atoms with van der Waals surface area (Å²) in [5.74, 6) is -0.852. The summed E-state index contributed by atoms with van der Waals surface area (Å²) in [6.07, 6.45) is 88.6. The molecular weight excluding hydrogens is 997 g/mol. The maximum absolute atomic E-state index is 13.0. The summed E-state index contributed by atoms with van der Waals surface area (Å²) in [6, 6.07) is 0. The maximum atomic E-state index is 13.0. The molecule has 6 heteroatoms. The van der Waals surface area contributed by atoms with Gasteiger partial charge in [-0.2, -0.15) is 0 Å². The lowest BCUT2D eigenvalue weighted by Crippen LogP contribution is -2.30. The Morgan fingerprint density at radius 1 is 0.247 bits per heavy atom. The minimum atomic E-state index is -0.775. The largest absolute Gasteiger partial charge is 0.462 e. The Labute approximate surface area is 505 Å². The van der Waals surface area contributed by atoms with E-state index >= 15 is 0 Å². The smallest absolute Gasteiger partial charge is 0.306 e. The summed E-state index contributed by atoms with van der Waals surface area (Å²) in [5, 5.41) is 0. The van der Waals surface area contributed by atoms with Gasteiger partial charge in [0, 0.05) is 19.3 Å². The number of carbonyl (C=O) groups excluding carboxylic acids is 3. The van der Waals surface area contributed by atoms with Crippen LogP contribution in [0.2, 0.25) is 0 Å². The van der Waals surface area contributed by atoms with Gasteiger partial charge in [0.15, 0.2) is 6.10 Å². The quantitative estimate of drug-likeness (QED) is 0.0261. The van der Waals surface area contributed by atoms with E-state index in [2.05, 4.69) is 69.4 Å². The van der Waals surface area contributed by atoms with Crippen LogP contribution in [0.5, 0.6) is 0 Å². The Morgan fingerprint density at radius 2 is 0.444 bits per heavy atom. The third-order valence-electron chi connectivity index (χ3n) is 16.3. The van der Waals surface area contributed by atoms with Crippen molar-refractivity contribution in [3.8, 4) is 0 Å².